The summed E-state index contributed by atoms with van der Waals surface area (Å²) < 4.78 is 5.67. The van der Waals surface area contributed by atoms with Gasteiger partial charge in [0, 0.05) is 53.0 Å². The Morgan fingerprint density at radius 2 is 2.09 bits per heavy atom. The summed E-state index contributed by atoms with van der Waals surface area (Å²) in [6.07, 6.45) is 8.43. The molecule has 6 nitrogen and oxygen atoms in total. The molecule has 0 unspecified atom stereocenters. The molecule has 0 amide bonds. The van der Waals surface area contributed by atoms with Crippen LogP contribution < -0.4 is 9.80 Å². The summed E-state index contributed by atoms with van der Waals surface area (Å²) in [6.45, 7) is 5.17. The van der Waals surface area contributed by atoms with Gasteiger partial charge in [-0.2, -0.15) is 4.98 Å². The van der Waals surface area contributed by atoms with Crippen LogP contribution in [0.15, 0.2) is 24.6 Å². The van der Waals surface area contributed by atoms with E-state index in [4.69, 9.17) is 4.74 Å². The second kappa shape index (κ2) is 6.96. The van der Waals surface area contributed by atoms with E-state index in [2.05, 4.69) is 25.8 Å². The predicted molar refractivity (Wildman–Crippen MR) is 88.3 cm³/mol. The minimum atomic E-state index is 0.357. The summed E-state index contributed by atoms with van der Waals surface area (Å²) >= 11 is 0. The van der Waals surface area contributed by atoms with Crippen molar-refractivity contribution in [3.8, 4) is 0 Å². The highest BCUT2D eigenvalue weighted by Gasteiger charge is 2.22. The third kappa shape index (κ3) is 3.68. The maximum Gasteiger partial charge on any atom is 0.226 e. The highest BCUT2D eigenvalue weighted by atomic mass is 16.5. The van der Waals surface area contributed by atoms with Gasteiger partial charge in [0.2, 0.25) is 5.95 Å². The molecule has 1 fully saturated rings. The molecule has 0 radical (unpaired) electrons. The second-order valence-corrected chi connectivity index (χ2v) is 6.10. The zero-order chi connectivity index (χ0) is 15.4. The van der Waals surface area contributed by atoms with Crippen LogP contribution in [-0.4, -0.2) is 67.8 Å². The van der Waals surface area contributed by atoms with Crippen LogP contribution in [0.4, 0.5) is 11.8 Å². The summed E-state index contributed by atoms with van der Waals surface area (Å²) in [5.41, 5.74) is 0. The second-order valence-electron chi connectivity index (χ2n) is 6.10. The average molecular weight is 303 g/mol. The molecule has 22 heavy (non-hydrogen) atoms. The summed E-state index contributed by atoms with van der Waals surface area (Å²) in [4.78, 5) is 15.7. The number of ether oxygens (including phenoxy) is 1. The molecule has 0 N–H and O–H groups in total. The lowest BCUT2D eigenvalue weighted by Crippen LogP contribution is -2.49. The third-order valence-corrected chi connectivity index (χ3v) is 4.21. The number of anilines is 2. The van der Waals surface area contributed by atoms with Crippen molar-refractivity contribution in [3.05, 3.63) is 24.6 Å². The van der Waals surface area contributed by atoms with Crippen LogP contribution in [0.3, 0.4) is 0 Å². The maximum atomic E-state index is 5.67. The molecule has 0 aromatic carbocycles. The van der Waals surface area contributed by atoms with Gasteiger partial charge in [0.25, 0.3) is 0 Å². The molecule has 1 aromatic heterocycles. The van der Waals surface area contributed by atoms with Crippen molar-refractivity contribution in [2.45, 2.75) is 18.9 Å². The fourth-order valence-corrected chi connectivity index (χ4v) is 2.90. The van der Waals surface area contributed by atoms with E-state index in [0.717, 1.165) is 57.3 Å². The molecule has 3 heterocycles. The number of hydrogen-bond donors (Lipinski definition) is 0. The van der Waals surface area contributed by atoms with Crippen LogP contribution in [-0.2, 0) is 4.74 Å². The Kier molecular flexibility index (Phi) is 4.77. The Bertz CT molecular complexity index is 511. The molecular weight excluding hydrogens is 278 g/mol. The van der Waals surface area contributed by atoms with E-state index < -0.39 is 0 Å². The van der Waals surface area contributed by atoms with Crippen LogP contribution in [0.25, 0.3) is 0 Å². The molecular formula is C16H25N5O. The predicted octanol–water partition coefficient (Wildman–Crippen LogP) is 1.36. The minimum absolute atomic E-state index is 0.357. The van der Waals surface area contributed by atoms with Gasteiger partial charge in [-0.25, -0.2) is 4.98 Å². The van der Waals surface area contributed by atoms with Crippen molar-refractivity contribution in [1.29, 1.82) is 0 Å². The molecule has 1 saturated heterocycles. The minimum Gasteiger partial charge on any atom is -0.497 e. The first-order valence-corrected chi connectivity index (χ1v) is 8.00. The van der Waals surface area contributed by atoms with Crippen molar-refractivity contribution in [3.63, 3.8) is 0 Å². The zero-order valence-corrected chi connectivity index (χ0v) is 13.5. The number of aromatic nitrogens is 2. The van der Waals surface area contributed by atoms with E-state index in [1.54, 1.807) is 0 Å². The Labute approximate surface area is 132 Å². The number of piperazine rings is 1. The number of nitrogens with zero attached hydrogens (tertiary/aromatic N) is 5. The molecule has 2 aliphatic rings. The summed E-state index contributed by atoms with van der Waals surface area (Å²) in [5, 5.41) is 0. The monoisotopic (exact) mass is 303 g/mol. The molecule has 0 saturated carbocycles. The van der Waals surface area contributed by atoms with Crippen molar-refractivity contribution < 1.29 is 4.74 Å². The molecule has 1 atom stereocenters. The van der Waals surface area contributed by atoms with E-state index in [0.29, 0.717) is 6.10 Å². The van der Waals surface area contributed by atoms with Crippen molar-refractivity contribution in [1.82, 2.24) is 14.9 Å². The quantitative estimate of drug-likeness (QED) is 0.837. The van der Waals surface area contributed by atoms with Crippen LogP contribution in [0.1, 0.15) is 12.8 Å². The first-order chi connectivity index (χ1) is 10.7. The Balaban J connectivity index is 1.53. The molecule has 1 aromatic rings. The summed E-state index contributed by atoms with van der Waals surface area (Å²) in [6, 6.07) is 2.00. The molecule has 0 spiro atoms. The third-order valence-electron chi connectivity index (χ3n) is 4.21. The van der Waals surface area contributed by atoms with Crippen LogP contribution in [0.5, 0.6) is 0 Å². The SMILES string of the molecule is CN(C)c1nccc(N2CCN(C[C@@H]3CCC=CO3)CC2)n1. The van der Waals surface area contributed by atoms with E-state index >= 15 is 0 Å². The number of rotatable bonds is 4. The molecule has 0 aliphatic carbocycles. The molecule has 6 heteroatoms. The van der Waals surface area contributed by atoms with E-state index in [1.807, 2.05) is 37.5 Å². The zero-order valence-electron chi connectivity index (χ0n) is 13.5. The average Bonchev–Trinajstić information content (AvgIpc) is 2.56. The highest BCUT2D eigenvalue weighted by Crippen LogP contribution is 2.17. The van der Waals surface area contributed by atoms with Gasteiger partial charge in [0.15, 0.2) is 0 Å². The lowest BCUT2D eigenvalue weighted by atomic mass is 10.1. The highest BCUT2D eigenvalue weighted by molar-refractivity contribution is 5.43. The fourth-order valence-electron chi connectivity index (χ4n) is 2.90. The fraction of sp³-hybridized carbons (Fsp3) is 0.625. The smallest absolute Gasteiger partial charge is 0.226 e. The number of allylic oxidation sites excluding steroid dienone is 1. The largest absolute Gasteiger partial charge is 0.497 e. The summed E-state index contributed by atoms with van der Waals surface area (Å²) in [5.74, 6) is 1.79. The van der Waals surface area contributed by atoms with Crippen molar-refractivity contribution in [2.24, 2.45) is 0 Å². The van der Waals surface area contributed by atoms with Crippen molar-refractivity contribution in [2.75, 3.05) is 56.6 Å². The summed E-state index contributed by atoms with van der Waals surface area (Å²) in [7, 11) is 3.94. The Hall–Kier alpha value is -1.82. The van der Waals surface area contributed by atoms with Gasteiger partial charge in [0.1, 0.15) is 11.9 Å². The lowest BCUT2D eigenvalue weighted by molar-refractivity contribution is 0.0766. The first kappa shape index (κ1) is 15.1. The normalized spacial score (nSPS) is 22.5. The van der Waals surface area contributed by atoms with Gasteiger partial charge in [0.05, 0.1) is 6.26 Å². The molecule has 3 rings (SSSR count). The van der Waals surface area contributed by atoms with Gasteiger partial charge >= 0.3 is 0 Å². The Morgan fingerprint density at radius 3 is 2.77 bits per heavy atom. The van der Waals surface area contributed by atoms with Gasteiger partial charge in [-0.3, -0.25) is 4.90 Å². The molecule has 2 aliphatic heterocycles. The van der Waals surface area contributed by atoms with E-state index in [9.17, 15) is 0 Å². The lowest BCUT2D eigenvalue weighted by Gasteiger charge is -2.37. The van der Waals surface area contributed by atoms with Crippen LogP contribution in [0, 0.1) is 0 Å². The topological polar surface area (TPSA) is 44.7 Å². The Morgan fingerprint density at radius 1 is 1.27 bits per heavy atom. The number of hydrogen-bond acceptors (Lipinski definition) is 6. The molecule has 0 bridgehead atoms. The van der Waals surface area contributed by atoms with Crippen LogP contribution in [0.2, 0.25) is 0 Å². The van der Waals surface area contributed by atoms with Gasteiger partial charge in [-0.05, 0) is 25.0 Å². The molecule has 120 valence electrons. The van der Waals surface area contributed by atoms with Crippen molar-refractivity contribution >= 4 is 11.8 Å². The standard InChI is InChI=1S/C16H25N5O/c1-19(2)16-17-7-6-15(18-16)21-10-8-20(9-11-21)13-14-5-3-4-12-22-14/h4,6-7,12,14H,3,5,8-11,13H2,1-2H3/t14-/m0/s1. The van der Waals surface area contributed by atoms with E-state index in [1.165, 1.54) is 0 Å². The van der Waals surface area contributed by atoms with E-state index in [-0.39, 0.29) is 0 Å². The van der Waals surface area contributed by atoms with Gasteiger partial charge in [-0.15, -0.1) is 0 Å². The van der Waals surface area contributed by atoms with Gasteiger partial charge < -0.3 is 14.5 Å². The van der Waals surface area contributed by atoms with Gasteiger partial charge in [-0.1, -0.05) is 0 Å². The maximum absolute atomic E-state index is 5.67. The van der Waals surface area contributed by atoms with Crippen LogP contribution >= 0.6 is 0 Å². The first-order valence-electron chi connectivity index (χ1n) is 8.00.